The summed E-state index contributed by atoms with van der Waals surface area (Å²) in [7, 11) is 0. The number of carbonyl (C=O) groups excluding carboxylic acids is 2. The molecule has 3 saturated heterocycles. The molecular formula is C18H22Cl3N3O2. The Balaban J connectivity index is 0.00000196. The summed E-state index contributed by atoms with van der Waals surface area (Å²) in [5.41, 5.74) is 0.661. The van der Waals surface area contributed by atoms with Gasteiger partial charge in [0, 0.05) is 53.9 Å². The molecule has 0 aliphatic carbocycles. The first-order valence-electron chi connectivity index (χ1n) is 8.81. The largest absolute Gasteiger partial charge is 0.341 e. The second-order valence-corrected chi connectivity index (χ2v) is 8.12. The number of amides is 2. The molecule has 2 amide bonds. The molecule has 1 aromatic rings. The van der Waals surface area contributed by atoms with Crippen molar-refractivity contribution in [1.29, 1.82) is 0 Å². The van der Waals surface area contributed by atoms with E-state index in [0.29, 0.717) is 34.4 Å². The van der Waals surface area contributed by atoms with Gasteiger partial charge in [-0.25, -0.2) is 0 Å². The molecule has 3 heterocycles. The van der Waals surface area contributed by atoms with Crippen LogP contribution in [0.4, 0.5) is 5.69 Å². The van der Waals surface area contributed by atoms with Gasteiger partial charge >= 0.3 is 0 Å². The van der Waals surface area contributed by atoms with Crippen LogP contribution in [-0.4, -0.2) is 48.4 Å². The van der Waals surface area contributed by atoms with Gasteiger partial charge in [0.1, 0.15) is 0 Å². The number of hydrogen-bond donors (Lipinski definition) is 1. The topological polar surface area (TPSA) is 52.7 Å². The highest BCUT2D eigenvalue weighted by molar-refractivity contribution is 6.35. The van der Waals surface area contributed by atoms with E-state index in [9.17, 15) is 9.59 Å². The van der Waals surface area contributed by atoms with Gasteiger partial charge in [0.25, 0.3) is 0 Å². The second-order valence-electron chi connectivity index (χ2n) is 7.24. The van der Waals surface area contributed by atoms with Gasteiger partial charge < -0.3 is 15.1 Å². The minimum atomic E-state index is -0.290. The summed E-state index contributed by atoms with van der Waals surface area (Å²) in [4.78, 5) is 29.0. The molecule has 2 bridgehead atoms. The molecular weight excluding hydrogens is 397 g/mol. The number of rotatable bonds is 2. The van der Waals surface area contributed by atoms with Gasteiger partial charge in [-0.15, -0.1) is 12.4 Å². The second kappa shape index (κ2) is 7.93. The maximum Gasteiger partial charge on any atom is 0.228 e. The van der Waals surface area contributed by atoms with Gasteiger partial charge in [-0.05, 0) is 37.5 Å². The summed E-state index contributed by atoms with van der Waals surface area (Å²) < 4.78 is 0. The lowest BCUT2D eigenvalue weighted by molar-refractivity contribution is -0.136. The van der Waals surface area contributed by atoms with Crippen LogP contribution >= 0.6 is 35.6 Å². The fourth-order valence-corrected chi connectivity index (χ4v) is 4.73. The normalized spacial score (nSPS) is 28.1. The van der Waals surface area contributed by atoms with Gasteiger partial charge in [0.2, 0.25) is 11.8 Å². The van der Waals surface area contributed by atoms with E-state index in [2.05, 4.69) is 5.32 Å². The van der Waals surface area contributed by atoms with E-state index in [1.165, 1.54) is 6.42 Å². The lowest BCUT2D eigenvalue weighted by Gasteiger charge is -2.27. The molecule has 3 atom stereocenters. The summed E-state index contributed by atoms with van der Waals surface area (Å²) in [6.07, 6.45) is 3.58. The molecule has 0 aromatic heterocycles. The zero-order chi connectivity index (χ0) is 17.6. The average molecular weight is 419 g/mol. The Morgan fingerprint density at radius 3 is 2.46 bits per heavy atom. The zero-order valence-corrected chi connectivity index (χ0v) is 16.6. The minimum absolute atomic E-state index is 0. The number of hydrogen-bond acceptors (Lipinski definition) is 3. The van der Waals surface area contributed by atoms with E-state index in [0.717, 1.165) is 25.9 Å². The molecule has 8 heteroatoms. The number of likely N-dealkylation sites (tertiary alicyclic amines) is 1. The van der Waals surface area contributed by atoms with Crippen molar-refractivity contribution in [1.82, 2.24) is 10.2 Å². The van der Waals surface area contributed by atoms with Gasteiger partial charge in [-0.3, -0.25) is 9.59 Å². The van der Waals surface area contributed by atoms with Crippen LogP contribution in [0.15, 0.2) is 18.2 Å². The van der Waals surface area contributed by atoms with Crippen LogP contribution in [0.2, 0.25) is 10.0 Å². The number of fused-ring (bicyclic) bond motifs is 2. The lowest BCUT2D eigenvalue weighted by atomic mass is 10.0. The Hall–Kier alpha value is -1.01. The van der Waals surface area contributed by atoms with Crippen LogP contribution in [0, 0.1) is 5.92 Å². The molecule has 4 rings (SSSR count). The number of carbonyl (C=O) groups is 2. The van der Waals surface area contributed by atoms with Gasteiger partial charge in [0.15, 0.2) is 0 Å². The molecule has 3 aliphatic rings. The Bertz CT molecular complexity index is 695. The van der Waals surface area contributed by atoms with E-state index >= 15 is 0 Å². The first-order chi connectivity index (χ1) is 12.0. The molecule has 1 aromatic carbocycles. The fraction of sp³-hybridized carbons (Fsp3) is 0.556. The zero-order valence-electron chi connectivity index (χ0n) is 14.3. The highest BCUT2D eigenvalue weighted by atomic mass is 35.5. The van der Waals surface area contributed by atoms with Crippen molar-refractivity contribution in [3.63, 3.8) is 0 Å². The summed E-state index contributed by atoms with van der Waals surface area (Å²) in [5, 5.41) is 4.56. The number of benzene rings is 1. The summed E-state index contributed by atoms with van der Waals surface area (Å²) in [6.45, 7) is 1.93. The van der Waals surface area contributed by atoms with Crippen LogP contribution in [0.3, 0.4) is 0 Å². The third kappa shape index (κ3) is 3.96. The maximum atomic E-state index is 13.0. The third-order valence-corrected chi connectivity index (χ3v) is 5.90. The molecule has 3 fully saturated rings. The van der Waals surface area contributed by atoms with Crippen molar-refractivity contribution < 1.29 is 9.59 Å². The van der Waals surface area contributed by atoms with Gasteiger partial charge in [-0.1, -0.05) is 23.2 Å². The van der Waals surface area contributed by atoms with Crippen molar-refractivity contribution in [3.05, 3.63) is 28.2 Å². The fourth-order valence-electron chi connectivity index (χ4n) is 4.22. The Morgan fingerprint density at radius 1 is 1.04 bits per heavy atom. The monoisotopic (exact) mass is 417 g/mol. The molecule has 26 heavy (non-hydrogen) atoms. The number of nitrogens with one attached hydrogen (secondary N) is 1. The van der Waals surface area contributed by atoms with Crippen molar-refractivity contribution in [2.24, 2.45) is 5.92 Å². The predicted octanol–water partition coefficient (Wildman–Crippen LogP) is 3.12. The standard InChI is InChI=1S/C18H21Cl2N3O2.ClH/c19-12-6-13(20)8-16(7-12)23-9-11(5-17(23)24)18(25)22-4-3-14-1-2-15(10-22)21-14;/h6-8,11,14-15,21H,1-5,9-10H2;1H. The third-order valence-electron chi connectivity index (χ3n) is 5.47. The molecule has 3 aliphatic heterocycles. The van der Waals surface area contributed by atoms with E-state index in [4.69, 9.17) is 23.2 Å². The van der Waals surface area contributed by atoms with Crippen LogP contribution in [0.5, 0.6) is 0 Å². The number of nitrogens with zero attached hydrogens (tertiary/aromatic N) is 2. The molecule has 0 radical (unpaired) electrons. The summed E-state index contributed by atoms with van der Waals surface area (Å²) in [6, 6.07) is 6.00. The van der Waals surface area contributed by atoms with Crippen molar-refractivity contribution in [2.45, 2.75) is 37.8 Å². The highest BCUT2D eigenvalue weighted by Gasteiger charge is 2.39. The van der Waals surface area contributed by atoms with E-state index in [1.807, 2.05) is 4.90 Å². The predicted molar refractivity (Wildman–Crippen MR) is 105 cm³/mol. The minimum Gasteiger partial charge on any atom is -0.341 e. The molecule has 142 valence electrons. The SMILES string of the molecule is Cl.O=C(C1CC(=O)N(c2cc(Cl)cc(Cl)c2)C1)N1CCC2CCC(C1)N2. The lowest BCUT2D eigenvalue weighted by Crippen LogP contribution is -2.42. The van der Waals surface area contributed by atoms with Crippen LogP contribution < -0.4 is 10.2 Å². The average Bonchev–Trinajstić information content (AvgIpc) is 3.08. The Morgan fingerprint density at radius 2 is 1.73 bits per heavy atom. The van der Waals surface area contributed by atoms with Gasteiger partial charge in [0.05, 0.1) is 5.92 Å². The Labute approximate surface area is 169 Å². The number of anilines is 1. The van der Waals surface area contributed by atoms with Crippen LogP contribution in [-0.2, 0) is 9.59 Å². The van der Waals surface area contributed by atoms with Gasteiger partial charge in [-0.2, -0.15) is 0 Å². The molecule has 5 nitrogen and oxygen atoms in total. The molecule has 1 N–H and O–H groups in total. The highest BCUT2D eigenvalue weighted by Crippen LogP contribution is 2.31. The van der Waals surface area contributed by atoms with E-state index < -0.39 is 0 Å². The molecule has 0 saturated carbocycles. The summed E-state index contributed by atoms with van der Waals surface area (Å²) in [5.74, 6) is -0.244. The Kier molecular flexibility index (Phi) is 6.02. The van der Waals surface area contributed by atoms with Crippen molar-refractivity contribution >= 4 is 53.1 Å². The summed E-state index contributed by atoms with van der Waals surface area (Å²) >= 11 is 12.1. The molecule has 3 unspecified atom stereocenters. The van der Waals surface area contributed by atoms with Crippen LogP contribution in [0.1, 0.15) is 25.7 Å². The first-order valence-corrected chi connectivity index (χ1v) is 9.56. The molecule has 0 spiro atoms. The van der Waals surface area contributed by atoms with E-state index in [-0.39, 0.29) is 36.6 Å². The van der Waals surface area contributed by atoms with Crippen molar-refractivity contribution in [3.8, 4) is 0 Å². The van der Waals surface area contributed by atoms with Crippen molar-refractivity contribution in [2.75, 3.05) is 24.5 Å². The van der Waals surface area contributed by atoms with Crippen LogP contribution in [0.25, 0.3) is 0 Å². The smallest absolute Gasteiger partial charge is 0.228 e. The quantitative estimate of drug-likeness (QED) is 0.803. The number of halogens is 3. The maximum absolute atomic E-state index is 13.0. The first kappa shape index (κ1) is 19.7. The van der Waals surface area contributed by atoms with E-state index in [1.54, 1.807) is 23.1 Å².